The summed E-state index contributed by atoms with van der Waals surface area (Å²) in [7, 11) is 0. The molecule has 0 spiro atoms. The van der Waals surface area contributed by atoms with Crippen LogP contribution in [0.25, 0.3) is 0 Å². The van der Waals surface area contributed by atoms with Crippen molar-refractivity contribution in [2.24, 2.45) is 5.92 Å². The number of Topliss-reactive ketones (excluding diaryl/α,β-unsaturated/α-hetero) is 1. The Labute approximate surface area is 137 Å². The molecule has 1 aliphatic rings. The molecule has 0 aromatic carbocycles. The summed E-state index contributed by atoms with van der Waals surface area (Å²) in [6.45, 7) is 7.92. The van der Waals surface area contributed by atoms with Gasteiger partial charge in [-0.15, -0.1) is 0 Å². The zero-order chi connectivity index (χ0) is 17.1. The second-order valence-corrected chi connectivity index (χ2v) is 6.34. The maximum absolute atomic E-state index is 12.5. The van der Waals surface area contributed by atoms with Crippen molar-refractivity contribution in [3.8, 4) is 0 Å². The molecule has 0 saturated heterocycles. The van der Waals surface area contributed by atoms with Crippen LogP contribution < -0.4 is 0 Å². The number of unbranched alkanes of at least 4 members (excludes halogenated alkanes) is 2. The Kier molecular flexibility index (Phi) is 5.29. The average Bonchev–Trinajstić information content (AvgIpc) is 3.03. The Morgan fingerprint density at radius 1 is 1.35 bits per heavy atom. The van der Waals surface area contributed by atoms with Crippen LogP contribution in [0.4, 0.5) is 0 Å². The minimum Gasteiger partial charge on any atom is -0.503 e. The highest BCUT2D eigenvalue weighted by Gasteiger charge is 2.45. The maximum atomic E-state index is 12.5. The molecule has 126 valence electrons. The van der Waals surface area contributed by atoms with E-state index in [0.717, 1.165) is 19.3 Å². The maximum Gasteiger partial charge on any atom is 0.290 e. The lowest BCUT2D eigenvalue weighted by Gasteiger charge is -2.25. The average molecular weight is 319 g/mol. The first-order chi connectivity index (χ1) is 10.9. The Bertz CT molecular complexity index is 627. The predicted octanol–water partition coefficient (Wildman–Crippen LogP) is 3.70. The molecule has 5 heteroatoms. The highest BCUT2D eigenvalue weighted by molar-refractivity contribution is 6.09. The molecule has 0 bridgehead atoms. The summed E-state index contributed by atoms with van der Waals surface area (Å²) in [5, 5.41) is 10.3. The van der Waals surface area contributed by atoms with Crippen molar-refractivity contribution in [3.63, 3.8) is 0 Å². The van der Waals surface area contributed by atoms with Crippen LogP contribution in [0.1, 0.15) is 57.6 Å². The summed E-state index contributed by atoms with van der Waals surface area (Å²) in [4.78, 5) is 26.5. The number of carbonyl (C=O) groups excluding carboxylic acids is 2. The van der Waals surface area contributed by atoms with Crippen LogP contribution in [0.5, 0.6) is 0 Å². The number of hydrogen-bond acceptors (Lipinski definition) is 4. The van der Waals surface area contributed by atoms with Crippen molar-refractivity contribution in [1.29, 1.82) is 0 Å². The second-order valence-electron chi connectivity index (χ2n) is 6.34. The van der Waals surface area contributed by atoms with Gasteiger partial charge in [-0.25, -0.2) is 0 Å². The van der Waals surface area contributed by atoms with Gasteiger partial charge in [-0.05, 0) is 25.5 Å². The van der Waals surface area contributed by atoms with Crippen molar-refractivity contribution < 1.29 is 19.1 Å². The minimum absolute atomic E-state index is 0.163. The molecule has 1 atom stereocenters. The predicted molar refractivity (Wildman–Crippen MR) is 86.9 cm³/mol. The number of carbonyl (C=O) groups is 2. The molecule has 2 rings (SSSR count). The summed E-state index contributed by atoms with van der Waals surface area (Å²) < 4.78 is 5.67. The summed E-state index contributed by atoms with van der Waals surface area (Å²) in [5.41, 5.74) is 0.163. The summed E-state index contributed by atoms with van der Waals surface area (Å²) in [5.74, 6) is -0.186. The number of amides is 1. The van der Waals surface area contributed by atoms with Crippen LogP contribution >= 0.6 is 0 Å². The smallest absolute Gasteiger partial charge is 0.290 e. The zero-order valence-corrected chi connectivity index (χ0v) is 14.3. The molecule has 1 aromatic heterocycles. The minimum atomic E-state index is -0.622. The van der Waals surface area contributed by atoms with E-state index < -0.39 is 17.7 Å². The summed E-state index contributed by atoms with van der Waals surface area (Å²) in [6, 6.07) is 2.95. The van der Waals surface area contributed by atoms with Gasteiger partial charge in [-0.3, -0.25) is 9.59 Å². The number of nitrogens with zero attached hydrogens (tertiary/aromatic N) is 1. The Hall–Kier alpha value is -2.04. The first-order valence-electron chi connectivity index (χ1n) is 8.23. The van der Waals surface area contributed by atoms with Crippen LogP contribution in [0.3, 0.4) is 0 Å². The van der Waals surface area contributed by atoms with E-state index >= 15 is 0 Å². The normalized spacial score (nSPS) is 18.4. The van der Waals surface area contributed by atoms with Crippen molar-refractivity contribution in [1.82, 2.24) is 4.90 Å². The molecule has 0 fully saturated rings. The van der Waals surface area contributed by atoms with Gasteiger partial charge in [-0.1, -0.05) is 33.6 Å². The van der Waals surface area contributed by atoms with Crippen LogP contribution in [-0.4, -0.2) is 28.2 Å². The van der Waals surface area contributed by atoms with E-state index in [1.807, 2.05) is 6.92 Å². The fourth-order valence-corrected chi connectivity index (χ4v) is 2.88. The van der Waals surface area contributed by atoms with E-state index in [1.54, 1.807) is 30.9 Å². The van der Waals surface area contributed by atoms with Gasteiger partial charge < -0.3 is 14.4 Å². The first kappa shape index (κ1) is 17.3. The van der Waals surface area contributed by atoms with Gasteiger partial charge in [0, 0.05) is 12.5 Å². The first-order valence-corrected chi connectivity index (χ1v) is 8.23. The fourth-order valence-electron chi connectivity index (χ4n) is 2.88. The lowest BCUT2D eigenvalue weighted by molar-refractivity contribution is -0.129. The molecule has 1 amide bonds. The molecule has 0 radical (unpaired) electrons. The Morgan fingerprint density at radius 2 is 2.04 bits per heavy atom. The second kappa shape index (κ2) is 7.02. The standard InChI is InChI=1S/C18H25NO4/c1-5-6-7-10-19-15(13-9-8-12(4)23-13)14(16(20)11(2)3)17(21)18(19)22/h8-9,11,15,21H,5-7,10H2,1-4H3. The number of hydrogen-bond donors (Lipinski definition) is 1. The molecular formula is C18H25NO4. The van der Waals surface area contributed by atoms with Gasteiger partial charge >= 0.3 is 0 Å². The van der Waals surface area contributed by atoms with Crippen LogP contribution in [0.2, 0.25) is 0 Å². The van der Waals surface area contributed by atoms with E-state index in [-0.39, 0.29) is 17.3 Å². The van der Waals surface area contributed by atoms with E-state index in [2.05, 4.69) is 6.92 Å². The molecule has 0 saturated carbocycles. The fraction of sp³-hybridized carbons (Fsp3) is 0.556. The zero-order valence-electron chi connectivity index (χ0n) is 14.3. The van der Waals surface area contributed by atoms with Crippen LogP contribution in [0.15, 0.2) is 27.9 Å². The molecule has 0 aliphatic carbocycles. The SMILES string of the molecule is CCCCCN1C(=O)C(O)=C(C(=O)C(C)C)C1c1ccc(C)o1. The number of rotatable bonds is 7. The van der Waals surface area contributed by atoms with Crippen molar-refractivity contribution >= 4 is 11.7 Å². The molecular weight excluding hydrogens is 294 g/mol. The summed E-state index contributed by atoms with van der Waals surface area (Å²) >= 11 is 0. The topological polar surface area (TPSA) is 70.8 Å². The molecule has 1 aromatic rings. The number of furan rings is 1. The van der Waals surface area contributed by atoms with Crippen molar-refractivity contribution in [2.75, 3.05) is 6.54 Å². The number of aliphatic hydroxyl groups is 1. The number of aryl methyl sites for hydroxylation is 1. The molecule has 1 N–H and O–H groups in total. The monoisotopic (exact) mass is 319 g/mol. The Balaban J connectivity index is 2.41. The highest BCUT2D eigenvalue weighted by Crippen LogP contribution is 2.39. The van der Waals surface area contributed by atoms with Gasteiger partial charge in [-0.2, -0.15) is 0 Å². The molecule has 5 nitrogen and oxygen atoms in total. The third kappa shape index (κ3) is 3.33. The van der Waals surface area contributed by atoms with Gasteiger partial charge in [0.1, 0.15) is 17.6 Å². The molecule has 2 heterocycles. The lowest BCUT2D eigenvalue weighted by Crippen LogP contribution is -2.32. The van der Waals surface area contributed by atoms with E-state index in [1.165, 1.54) is 0 Å². The highest BCUT2D eigenvalue weighted by atomic mass is 16.3. The third-order valence-electron chi connectivity index (χ3n) is 4.13. The molecule has 23 heavy (non-hydrogen) atoms. The van der Waals surface area contributed by atoms with Gasteiger partial charge in [0.2, 0.25) is 0 Å². The number of aliphatic hydroxyl groups excluding tert-OH is 1. The van der Waals surface area contributed by atoms with E-state index in [4.69, 9.17) is 4.42 Å². The largest absolute Gasteiger partial charge is 0.503 e. The van der Waals surface area contributed by atoms with Crippen LogP contribution in [0, 0.1) is 12.8 Å². The Morgan fingerprint density at radius 3 is 2.57 bits per heavy atom. The van der Waals surface area contributed by atoms with Gasteiger partial charge in [0.25, 0.3) is 5.91 Å². The van der Waals surface area contributed by atoms with E-state index in [0.29, 0.717) is 18.1 Å². The van der Waals surface area contributed by atoms with Gasteiger partial charge in [0.05, 0.1) is 5.57 Å². The summed E-state index contributed by atoms with van der Waals surface area (Å²) in [6.07, 6.45) is 2.85. The third-order valence-corrected chi connectivity index (χ3v) is 4.13. The molecule has 1 unspecified atom stereocenters. The number of ketones is 1. The molecule has 1 aliphatic heterocycles. The lowest BCUT2D eigenvalue weighted by atomic mass is 9.94. The van der Waals surface area contributed by atoms with Crippen LogP contribution in [-0.2, 0) is 9.59 Å². The van der Waals surface area contributed by atoms with E-state index in [9.17, 15) is 14.7 Å². The quantitative estimate of drug-likeness (QED) is 0.778. The van der Waals surface area contributed by atoms with Gasteiger partial charge in [0.15, 0.2) is 11.5 Å². The van der Waals surface area contributed by atoms with Crippen molar-refractivity contribution in [3.05, 3.63) is 35.0 Å². The van der Waals surface area contributed by atoms with Crippen molar-refractivity contribution in [2.45, 2.75) is 53.0 Å².